The van der Waals surface area contributed by atoms with Gasteiger partial charge in [0.2, 0.25) is 5.91 Å². The van der Waals surface area contributed by atoms with Crippen LogP contribution in [0.2, 0.25) is 0 Å². The fourth-order valence-electron chi connectivity index (χ4n) is 3.04. The van der Waals surface area contributed by atoms with Crippen molar-refractivity contribution in [2.75, 3.05) is 25.1 Å². The number of nitro benzene ring substituents is 1. The van der Waals surface area contributed by atoms with Crippen LogP contribution in [0.5, 0.6) is 0 Å². The molecule has 0 radical (unpaired) electrons. The Morgan fingerprint density at radius 1 is 1.42 bits per heavy atom. The van der Waals surface area contributed by atoms with Crippen molar-refractivity contribution in [2.24, 2.45) is 11.1 Å². The van der Waals surface area contributed by atoms with Crippen LogP contribution in [-0.2, 0) is 9.53 Å². The van der Waals surface area contributed by atoms with Crippen molar-refractivity contribution < 1.29 is 14.5 Å². The molecule has 2 heterocycles. The van der Waals surface area contributed by atoms with Crippen molar-refractivity contribution in [2.45, 2.75) is 12.8 Å². The molecule has 2 aromatic rings. The van der Waals surface area contributed by atoms with Gasteiger partial charge in [0.25, 0.3) is 5.69 Å². The minimum Gasteiger partial charge on any atom is -0.381 e. The van der Waals surface area contributed by atoms with Crippen LogP contribution in [0.25, 0.3) is 10.9 Å². The number of anilines is 1. The number of non-ortho nitro benzene ring substituents is 1. The normalized spacial score (nSPS) is 16.0. The van der Waals surface area contributed by atoms with Gasteiger partial charge in [-0.05, 0) is 25.0 Å². The van der Waals surface area contributed by atoms with Crippen LogP contribution < -0.4 is 11.1 Å². The zero-order chi connectivity index (χ0) is 18.7. The Kier molecular flexibility index (Phi) is 4.69. The molecular weight excluding hydrogens is 338 g/mol. The molecule has 1 aliphatic heterocycles. The number of benzene rings is 1. The number of nitriles is 1. The van der Waals surface area contributed by atoms with Gasteiger partial charge < -0.3 is 15.8 Å². The Balaban J connectivity index is 1.91. The van der Waals surface area contributed by atoms with Crippen LogP contribution in [0.3, 0.4) is 0 Å². The number of rotatable bonds is 5. The van der Waals surface area contributed by atoms with Crippen LogP contribution in [0.1, 0.15) is 18.4 Å². The molecule has 134 valence electrons. The first-order valence-electron chi connectivity index (χ1n) is 8.06. The molecule has 0 atom stereocenters. The van der Waals surface area contributed by atoms with Gasteiger partial charge in [0.1, 0.15) is 5.82 Å². The average molecular weight is 355 g/mol. The first-order chi connectivity index (χ1) is 12.4. The quantitative estimate of drug-likeness (QED) is 0.613. The summed E-state index contributed by atoms with van der Waals surface area (Å²) >= 11 is 0. The summed E-state index contributed by atoms with van der Waals surface area (Å²) in [4.78, 5) is 26.7. The number of nitrogens with two attached hydrogens (primary N) is 1. The van der Waals surface area contributed by atoms with E-state index < -0.39 is 16.2 Å². The predicted octanol–water partition coefficient (Wildman–Crippen LogP) is 1.71. The van der Waals surface area contributed by atoms with E-state index in [1.54, 1.807) is 0 Å². The fourth-order valence-corrected chi connectivity index (χ4v) is 3.04. The topological polar surface area (TPSA) is 144 Å². The third kappa shape index (κ3) is 3.27. The summed E-state index contributed by atoms with van der Waals surface area (Å²) < 4.78 is 5.30. The average Bonchev–Trinajstić information content (AvgIpc) is 2.65. The first-order valence-corrected chi connectivity index (χ1v) is 8.06. The maximum absolute atomic E-state index is 11.9. The number of primary amides is 1. The lowest BCUT2D eigenvalue weighted by molar-refractivity contribution is -0.384. The Morgan fingerprint density at radius 3 is 2.77 bits per heavy atom. The van der Waals surface area contributed by atoms with Crippen LogP contribution in [-0.4, -0.2) is 35.6 Å². The standard InChI is InChI=1S/C17H17N5O4/c18-9-11-7-15(20-10-17(16(19)23)3-5-26-6-4-17)21-14-2-1-12(22(24)25)8-13(11)14/h1-2,7-8H,3-6,10H2,(H2,19,23)(H,20,21). The second kappa shape index (κ2) is 6.93. The Labute approximate surface area is 148 Å². The highest BCUT2D eigenvalue weighted by Gasteiger charge is 2.38. The molecule has 3 N–H and O–H groups in total. The zero-order valence-electron chi connectivity index (χ0n) is 13.9. The number of aromatic nitrogens is 1. The van der Waals surface area contributed by atoms with Gasteiger partial charge in [-0.15, -0.1) is 0 Å². The van der Waals surface area contributed by atoms with E-state index >= 15 is 0 Å². The van der Waals surface area contributed by atoms with E-state index in [2.05, 4.69) is 10.3 Å². The van der Waals surface area contributed by atoms with Crippen LogP contribution in [0.4, 0.5) is 11.5 Å². The minimum atomic E-state index is -0.725. The van der Waals surface area contributed by atoms with Gasteiger partial charge in [-0.25, -0.2) is 4.98 Å². The molecule has 1 saturated heterocycles. The van der Waals surface area contributed by atoms with E-state index in [0.717, 1.165) is 0 Å². The van der Waals surface area contributed by atoms with Crippen LogP contribution >= 0.6 is 0 Å². The molecule has 9 nitrogen and oxygen atoms in total. The van der Waals surface area contributed by atoms with Gasteiger partial charge in [-0.1, -0.05) is 0 Å². The predicted molar refractivity (Wildman–Crippen MR) is 93.3 cm³/mol. The van der Waals surface area contributed by atoms with E-state index in [1.165, 1.54) is 24.3 Å². The molecule has 1 aromatic heterocycles. The fraction of sp³-hybridized carbons (Fsp3) is 0.353. The van der Waals surface area contributed by atoms with Gasteiger partial charge in [0.05, 0.1) is 27.5 Å². The van der Waals surface area contributed by atoms with Gasteiger partial charge in [0.15, 0.2) is 0 Å². The highest BCUT2D eigenvalue weighted by Crippen LogP contribution is 2.31. The van der Waals surface area contributed by atoms with Crippen molar-refractivity contribution >= 4 is 28.3 Å². The molecule has 1 fully saturated rings. The smallest absolute Gasteiger partial charge is 0.270 e. The van der Waals surface area contributed by atoms with Crippen molar-refractivity contribution in [1.29, 1.82) is 5.26 Å². The second-order valence-electron chi connectivity index (χ2n) is 6.24. The number of nitrogens with one attached hydrogen (secondary N) is 1. The molecule has 0 saturated carbocycles. The number of ether oxygens (including phenoxy) is 1. The number of amides is 1. The number of pyridine rings is 1. The van der Waals surface area contributed by atoms with E-state index in [0.29, 0.717) is 42.8 Å². The Morgan fingerprint density at radius 2 is 2.15 bits per heavy atom. The molecule has 0 spiro atoms. The molecule has 0 unspecified atom stereocenters. The summed E-state index contributed by atoms with van der Waals surface area (Å²) in [6.45, 7) is 1.20. The Bertz CT molecular complexity index is 915. The lowest BCUT2D eigenvalue weighted by atomic mass is 9.79. The van der Waals surface area contributed by atoms with Gasteiger partial charge >= 0.3 is 0 Å². The highest BCUT2D eigenvalue weighted by atomic mass is 16.6. The van der Waals surface area contributed by atoms with Crippen molar-refractivity contribution in [3.63, 3.8) is 0 Å². The number of hydrogen-bond acceptors (Lipinski definition) is 7. The zero-order valence-corrected chi connectivity index (χ0v) is 13.9. The second-order valence-corrected chi connectivity index (χ2v) is 6.24. The SMILES string of the molecule is N#Cc1cc(NCC2(C(N)=O)CCOCC2)nc2ccc([N+](=O)[O-])cc12. The largest absolute Gasteiger partial charge is 0.381 e. The molecule has 0 aliphatic carbocycles. The molecule has 26 heavy (non-hydrogen) atoms. The Hall–Kier alpha value is -3.25. The summed E-state index contributed by atoms with van der Waals surface area (Å²) in [6.07, 6.45) is 1.03. The third-order valence-electron chi connectivity index (χ3n) is 4.70. The summed E-state index contributed by atoms with van der Waals surface area (Å²) in [7, 11) is 0. The molecule has 9 heteroatoms. The van der Waals surface area contributed by atoms with E-state index in [4.69, 9.17) is 10.5 Å². The van der Waals surface area contributed by atoms with Crippen molar-refractivity contribution in [1.82, 2.24) is 4.98 Å². The lowest BCUT2D eigenvalue weighted by Crippen LogP contribution is -2.46. The summed E-state index contributed by atoms with van der Waals surface area (Å²) in [5.74, 6) is 0.0141. The summed E-state index contributed by atoms with van der Waals surface area (Å²) in [5, 5.41) is 23.8. The van der Waals surface area contributed by atoms with E-state index in [-0.39, 0.29) is 17.8 Å². The van der Waals surface area contributed by atoms with Gasteiger partial charge in [-0.3, -0.25) is 14.9 Å². The van der Waals surface area contributed by atoms with Gasteiger partial charge in [0, 0.05) is 37.3 Å². The lowest BCUT2D eigenvalue weighted by Gasteiger charge is -2.34. The third-order valence-corrected chi connectivity index (χ3v) is 4.70. The highest BCUT2D eigenvalue weighted by molar-refractivity contribution is 5.88. The van der Waals surface area contributed by atoms with Gasteiger partial charge in [-0.2, -0.15) is 5.26 Å². The minimum absolute atomic E-state index is 0.105. The molecule has 1 aliphatic rings. The van der Waals surface area contributed by atoms with Crippen molar-refractivity contribution in [3.05, 3.63) is 39.9 Å². The number of nitrogens with zero attached hydrogens (tertiary/aromatic N) is 3. The monoisotopic (exact) mass is 355 g/mol. The number of carbonyl (C=O) groups is 1. The number of nitro groups is 1. The molecule has 1 amide bonds. The molecular formula is C17H17N5O4. The number of carbonyl (C=O) groups excluding carboxylic acids is 1. The molecule has 0 bridgehead atoms. The first kappa shape index (κ1) is 17.6. The van der Waals surface area contributed by atoms with Crippen molar-refractivity contribution in [3.8, 4) is 6.07 Å². The van der Waals surface area contributed by atoms with Crippen LogP contribution in [0.15, 0.2) is 24.3 Å². The molecule has 3 rings (SSSR count). The summed E-state index contributed by atoms with van der Waals surface area (Å²) in [6, 6.07) is 7.71. The van der Waals surface area contributed by atoms with Crippen LogP contribution in [0, 0.1) is 26.9 Å². The number of hydrogen-bond donors (Lipinski definition) is 2. The maximum atomic E-state index is 11.9. The molecule has 1 aromatic carbocycles. The maximum Gasteiger partial charge on any atom is 0.270 e. The van der Waals surface area contributed by atoms with E-state index in [1.807, 2.05) is 6.07 Å². The number of fused-ring (bicyclic) bond motifs is 1. The van der Waals surface area contributed by atoms with E-state index in [9.17, 15) is 20.2 Å². The summed E-state index contributed by atoms with van der Waals surface area (Å²) in [5.41, 5.74) is 5.48.